The molecule has 6 nitrogen and oxygen atoms in total. The summed E-state index contributed by atoms with van der Waals surface area (Å²) in [7, 11) is 3.85. The van der Waals surface area contributed by atoms with Crippen LogP contribution in [0, 0.1) is 0 Å². The van der Waals surface area contributed by atoms with E-state index in [0.717, 1.165) is 18.8 Å². The number of nitrogen functional groups attached to an aromatic ring is 1. The largest absolute Gasteiger partial charge is 0.397 e. The zero-order chi connectivity index (χ0) is 15.4. The number of aliphatic hydroxyl groups is 1. The summed E-state index contributed by atoms with van der Waals surface area (Å²) in [6.07, 6.45) is 0. The van der Waals surface area contributed by atoms with Crippen molar-refractivity contribution >= 4 is 17.3 Å². The Kier molecular flexibility index (Phi) is 5.03. The molecular formula is C15H24N4O2. The van der Waals surface area contributed by atoms with E-state index in [2.05, 4.69) is 4.90 Å². The first kappa shape index (κ1) is 15.6. The van der Waals surface area contributed by atoms with Gasteiger partial charge in [-0.25, -0.2) is 0 Å². The SMILES string of the molecule is CN(C)c1ccc(C(=O)N2CCN(CCO)CC2)cc1N. The number of carbonyl (C=O) groups is 1. The minimum absolute atomic E-state index is 0.0238. The molecule has 1 aromatic rings. The standard InChI is InChI=1S/C15H24N4O2/c1-17(2)14-4-3-12(11-13(14)16)15(21)19-7-5-18(6-8-19)9-10-20/h3-4,11,20H,5-10,16H2,1-2H3. The fourth-order valence-corrected chi connectivity index (χ4v) is 2.59. The summed E-state index contributed by atoms with van der Waals surface area (Å²) in [6, 6.07) is 5.45. The normalized spacial score (nSPS) is 16.0. The molecule has 21 heavy (non-hydrogen) atoms. The number of anilines is 2. The highest BCUT2D eigenvalue weighted by molar-refractivity contribution is 5.96. The molecule has 0 atom stereocenters. The van der Waals surface area contributed by atoms with Crippen LogP contribution in [0.4, 0.5) is 11.4 Å². The average molecular weight is 292 g/mol. The second kappa shape index (κ2) is 6.78. The van der Waals surface area contributed by atoms with E-state index in [4.69, 9.17) is 10.8 Å². The summed E-state index contributed by atoms with van der Waals surface area (Å²) in [5, 5.41) is 8.93. The van der Waals surface area contributed by atoms with Crippen LogP contribution in [0.3, 0.4) is 0 Å². The van der Waals surface area contributed by atoms with Gasteiger partial charge in [0, 0.05) is 52.4 Å². The van der Waals surface area contributed by atoms with Crippen LogP contribution in [0.5, 0.6) is 0 Å². The molecule has 1 heterocycles. The van der Waals surface area contributed by atoms with Crippen LogP contribution >= 0.6 is 0 Å². The maximum Gasteiger partial charge on any atom is 0.254 e. The van der Waals surface area contributed by atoms with Gasteiger partial charge < -0.3 is 20.6 Å². The van der Waals surface area contributed by atoms with Gasteiger partial charge >= 0.3 is 0 Å². The molecule has 0 unspecified atom stereocenters. The Morgan fingerprint density at radius 2 is 1.95 bits per heavy atom. The number of nitrogens with two attached hydrogens (primary N) is 1. The molecule has 2 rings (SSSR count). The highest BCUT2D eigenvalue weighted by atomic mass is 16.3. The first-order valence-corrected chi connectivity index (χ1v) is 7.22. The molecule has 0 saturated carbocycles. The number of hydrogen-bond donors (Lipinski definition) is 2. The number of hydrogen-bond acceptors (Lipinski definition) is 5. The summed E-state index contributed by atoms with van der Waals surface area (Å²) >= 11 is 0. The Labute approximate surface area is 125 Å². The van der Waals surface area contributed by atoms with E-state index in [-0.39, 0.29) is 12.5 Å². The first-order chi connectivity index (χ1) is 10.0. The van der Waals surface area contributed by atoms with Gasteiger partial charge in [0.1, 0.15) is 0 Å². The second-order valence-electron chi connectivity index (χ2n) is 5.53. The number of piperazine rings is 1. The molecule has 0 spiro atoms. The fourth-order valence-electron chi connectivity index (χ4n) is 2.59. The van der Waals surface area contributed by atoms with Gasteiger partial charge in [0.05, 0.1) is 18.0 Å². The zero-order valence-electron chi connectivity index (χ0n) is 12.7. The molecule has 0 bridgehead atoms. The van der Waals surface area contributed by atoms with E-state index in [0.29, 0.717) is 30.9 Å². The van der Waals surface area contributed by atoms with E-state index in [9.17, 15) is 4.79 Å². The third-order valence-corrected chi connectivity index (χ3v) is 3.83. The predicted octanol–water partition coefficient (Wildman–Crippen LogP) is 0.0849. The van der Waals surface area contributed by atoms with Gasteiger partial charge in [-0.15, -0.1) is 0 Å². The zero-order valence-corrected chi connectivity index (χ0v) is 12.7. The van der Waals surface area contributed by atoms with Crippen molar-refractivity contribution in [3.63, 3.8) is 0 Å². The van der Waals surface area contributed by atoms with Gasteiger partial charge in [-0.1, -0.05) is 0 Å². The molecule has 116 valence electrons. The Morgan fingerprint density at radius 1 is 1.29 bits per heavy atom. The molecular weight excluding hydrogens is 268 g/mol. The van der Waals surface area contributed by atoms with Crippen molar-refractivity contribution in [3.8, 4) is 0 Å². The predicted molar refractivity (Wildman–Crippen MR) is 84.6 cm³/mol. The summed E-state index contributed by atoms with van der Waals surface area (Å²) in [5.41, 5.74) is 8.17. The van der Waals surface area contributed by atoms with Crippen LogP contribution in [-0.2, 0) is 0 Å². The molecule has 1 fully saturated rings. The summed E-state index contributed by atoms with van der Waals surface area (Å²) in [6.45, 7) is 3.82. The molecule has 1 aromatic carbocycles. The van der Waals surface area contributed by atoms with E-state index in [1.54, 1.807) is 6.07 Å². The van der Waals surface area contributed by atoms with Crippen LogP contribution in [0.25, 0.3) is 0 Å². The number of rotatable bonds is 4. The summed E-state index contributed by atoms with van der Waals surface area (Å²) in [5.74, 6) is 0.0238. The lowest BCUT2D eigenvalue weighted by Gasteiger charge is -2.34. The lowest BCUT2D eigenvalue weighted by atomic mass is 10.1. The fraction of sp³-hybridized carbons (Fsp3) is 0.533. The average Bonchev–Trinajstić information content (AvgIpc) is 2.47. The maximum absolute atomic E-state index is 12.5. The molecule has 3 N–H and O–H groups in total. The van der Waals surface area contributed by atoms with Gasteiger partial charge in [-0.05, 0) is 18.2 Å². The third kappa shape index (κ3) is 3.65. The number of aliphatic hydroxyl groups excluding tert-OH is 1. The van der Waals surface area contributed by atoms with Crippen molar-refractivity contribution in [2.24, 2.45) is 0 Å². The molecule has 0 radical (unpaired) electrons. The van der Waals surface area contributed by atoms with Crippen molar-refractivity contribution in [1.29, 1.82) is 0 Å². The van der Waals surface area contributed by atoms with Crippen molar-refractivity contribution in [2.75, 3.05) is 64.1 Å². The maximum atomic E-state index is 12.5. The highest BCUT2D eigenvalue weighted by Gasteiger charge is 2.22. The molecule has 0 aromatic heterocycles. The van der Waals surface area contributed by atoms with E-state index < -0.39 is 0 Å². The lowest BCUT2D eigenvalue weighted by Crippen LogP contribution is -2.49. The Balaban J connectivity index is 2.02. The Morgan fingerprint density at radius 3 is 2.48 bits per heavy atom. The van der Waals surface area contributed by atoms with Gasteiger partial charge in [0.15, 0.2) is 0 Å². The summed E-state index contributed by atoms with van der Waals surface area (Å²) in [4.78, 5) is 18.4. The second-order valence-corrected chi connectivity index (χ2v) is 5.53. The number of β-amino-alcohol motifs (C(OH)–C–C–N with tert-alkyl or cyclic N) is 1. The topological polar surface area (TPSA) is 73.0 Å². The Hall–Kier alpha value is -1.79. The molecule has 1 saturated heterocycles. The molecule has 1 amide bonds. The first-order valence-electron chi connectivity index (χ1n) is 7.22. The van der Waals surface area contributed by atoms with E-state index in [1.807, 2.05) is 36.0 Å². The number of benzene rings is 1. The quantitative estimate of drug-likeness (QED) is 0.769. The van der Waals surface area contributed by atoms with Crippen LogP contribution in [0.1, 0.15) is 10.4 Å². The monoisotopic (exact) mass is 292 g/mol. The molecule has 1 aliphatic rings. The van der Waals surface area contributed by atoms with Crippen molar-refractivity contribution in [2.45, 2.75) is 0 Å². The van der Waals surface area contributed by atoms with Gasteiger partial charge in [0.2, 0.25) is 0 Å². The van der Waals surface area contributed by atoms with Crippen LogP contribution in [-0.4, -0.2) is 74.2 Å². The summed E-state index contributed by atoms with van der Waals surface area (Å²) < 4.78 is 0. The van der Waals surface area contributed by atoms with Crippen molar-refractivity contribution in [1.82, 2.24) is 9.80 Å². The minimum atomic E-state index is 0.0238. The lowest BCUT2D eigenvalue weighted by molar-refractivity contribution is 0.0615. The third-order valence-electron chi connectivity index (χ3n) is 3.83. The van der Waals surface area contributed by atoms with Crippen LogP contribution in [0.2, 0.25) is 0 Å². The highest BCUT2D eigenvalue weighted by Crippen LogP contribution is 2.23. The van der Waals surface area contributed by atoms with Crippen molar-refractivity contribution in [3.05, 3.63) is 23.8 Å². The van der Waals surface area contributed by atoms with Gasteiger partial charge in [-0.3, -0.25) is 9.69 Å². The number of nitrogens with zero attached hydrogens (tertiary/aromatic N) is 3. The molecule has 6 heteroatoms. The smallest absolute Gasteiger partial charge is 0.254 e. The number of amides is 1. The molecule has 1 aliphatic heterocycles. The molecule has 0 aliphatic carbocycles. The van der Waals surface area contributed by atoms with Crippen LogP contribution < -0.4 is 10.6 Å². The van der Waals surface area contributed by atoms with Gasteiger partial charge in [-0.2, -0.15) is 0 Å². The minimum Gasteiger partial charge on any atom is -0.397 e. The van der Waals surface area contributed by atoms with Gasteiger partial charge in [0.25, 0.3) is 5.91 Å². The van der Waals surface area contributed by atoms with E-state index >= 15 is 0 Å². The van der Waals surface area contributed by atoms with E-state index in [1.165, 1.54) is 0 Å². The Bertz CT molecular complexity index is 496. The number of carbonyl (C=O) groups excluding carboxylic acids is 1. The van der Waals surface area contributed by atoms with Crippen molar-refractivity contribution < 1.29 is 9.90 Å². The van der Waals surface area contributed by atoms with Crippen LogP contribution in [0.15, 0.2) is 18.2 Å².